The highest BCUT2D eigenvalue weighted by molar-refractivity contribution is 5.95. The Bertz CT molecular complexity index is 571. The van der Waals surface area contributed by atoms with Gasteiger partial charge in [-0.15, -0.1) is 0 Å². The van der Waals surface area contributed by atoms with Crippen molar-refractivity contribution in [2.45, 2.75) is 13.8 Å². The molecule has 0 radical (unpaired) electrons. The van der Waals surface area contributed by atoms with E-state index >= 15 is 0 Å². The van der Waals surface area contributed by atoms with Crippen LogP contribution in [0.2, 0.25) is 0 Å². The molecule has 0 aliphatic carbocycles. The summed E-state index contributed by atoms with van der Waals surface area (Å²) in [6.45, 7) is 3.41. The highest BCUT2D eigenvalue weighted by Crippen LogP contribution is 2.25. The molecule has 0 saturated carbocycles. The second-order valence-electron chi connectivity index (χ2n) is 4.14. The van der Waals surface area contributed by atoms with Crippen LogP contribution in [0.4, 0.5) is 0 Å². The van der Waals surface area contributed by atoms with Gasteiger partial charge in [-0.3, -0.25) is 4.79 Å². The minimum atomic E-state index is 0.0577. The van der Waals surface area contributed by atoms with Crippen LogP contribution in [0.1, 0.15) is 22.8 Å². The zero-order valence-corrected chi connectivity index (χ0v) is 9.90. The van der Waals surface area contributed by atoms with Crippen LogP contribution in [0.15, 0.2) is 42.5 Å². The summed E-state index contributed by atoms with van der Waals surface area (Å²) in [4.78, 5) is 11.3. The van der Waals surface area contributed by atoms with Crippen molar-refractivity contribution in [3.05, 3.63) is 53.6 Å². The van der Waals surface area contributed by atoms with Crippen LogP contribution in [-0.2, 0) is 0 Å². The third-order valence-electron chi connectivity index (χ3n) is 2.80. The smallest absolute Gasteiger partial charge is 0.159 e. The molecule has 0 saturated heterocycles. The molecule has 0 aliphatic rings. The van der Waals surface area contributed by atoms with Gasteiger partial charge in [-0.05, 0) is 48.7 Å². The summed E-state index contributed by atoms with van der Waals surface area (Å²) in [5.74, 6) is 0.346. The maximum absolute atomic E-state index is 11.3. The highest BCUT2D eigenvalue weighted by atomic mass is 16.3. The first-order valence-corrected chi connectivity index (χ1v) is 5.49. The van der Waals surface area contributed by atoms with Gasteiger partial charge >= 0.3 is 0 Å². The molecule has 0 spiro atoms. The largest absolute Gasteiger partial charge is 0.508 e. The normalized spacial score (nSPS) is 10.2. The van der Waals surface area contributed by atoms with Crippen molar-refractivity contribution in [2.24, 2.45) is 0 Å². The number of benzene rings is 2. The Morgan fingerprint density at radius 3 is 2.41 bits per heavy atom. The first-order valence-electron chi connectivity index (χ1n) is 5.49. The van der Waals surface area contributed by atoms with Crippen molar-refractivity contribution in [1.29, 1.82) is 0 Å². The number of ketones is 1. The average Bonchev–Trinajstić information content (AvgIpc) is 2.33. The van der Waals surface area contributed by atoms with E-state index in [1.807, 2.05) is 37.3 Å². The molecule has 2 aromatic rings. The topological polar surface area (TPSA) is 37.3 Å². The van der Waals surface area contributed by atoms with E-state index in [2.05, 4.69) is 0 Å². The molecular weight excluding hydrogens is 212 g/mol. The molecule has 17 heavy (non-hydrogen) atoms. The molecule has 0 amide bonds. The molecule has 2 aromatic carbocycles. The second kappa shape index (κ2) is 4.42. The summed E-state index contributed by atoms with van der Waals surface area (Å²) in [5.41, 5.74) is 3.52. The molecule has 2 nitrogen and oxygen atoms in total. The lowest BCUT2D eigenvalue weighted by atomic mass is 10.00. The number of carbonyl (C=O) groups is 1. The zero-order chi connectivity index (χ0) is 12.4. The van der Waals surface area contributed by atoms with Crippen molar-refractivity contribution in [3.8, 4) is 16.9 Å². The SMILES string of the molecule is CC(=O)c1cccc(-c2ccc(O)c(C)c2)c1. The monoisotopic (exact) mass is 226 g/mol. The molecule has 0 aliphatic heterocycles. The van der Waals surface area contributed by atoms with E-state index in [1.54, 1.807) is 19.1 Å². The Morgan fingerprint density at radius 1 is 1.06 bits per heavy atom. The van der Waals surface area contributed by atoms with Gasteiger partial charge in [-0.2, -0.15) is 0 Å². The number of aromatic hydroxyl groups is 1. The predicted octanol–water partition coefficient (Wildman–Crippen LogP) is 3.57. The van der Waals surface area contributed by atoms with Gasteiger partial charge in [-0.25, -0.2) is 0 Å². The zero-order valence-electron chi connectivity index (χ0n) is 9.90. The molecule has 0 fully saturated rings. The molecule has 2 heteroatoms. The van der Waals surface area contributed by atoms with Crippen molar-refractivity contribution >= 4 is 5.78 Å². The van der Waals surface area contributed by atoms with Crippen molar-refractivity contribution in [2.75, 3.05) is 0 Å². The van der Waals surface area contributed by atoms with Crippen LogP contribution in [0.3, 0.4) is 0 Å². The van der Waals surface area contributed by atoms with E-state index in [9.17, 15) is 9.90 Å². The van der Waals surface area contributed by atoms with Crippen LogP contribution in [0, 0.1) is 6.92 Å². The summed E-state index contributed by atoms with van der Waals surface area (Å²) in [6, 6.07) is 12.9. The fourth-order valence-corrected chi connectivity index (χ4v) is 1.75. The molecule has 0 unspecified atom stereocenters. The van der Waals surface area contributed by atoms with Crippen molar-refractivity contribution < 1.29 is 9.90 Å². The van der Waals surface area contributed by atoms with Crippen LogP contribution in [-0.4, -0.2) is 10.9 Å². The Balaban J connectivity index is 2.49. The average molecular weight is 226 g/mol. The lowest BCUT2D eigenvalue weighted by Crippen LogP contribution is -1.91. The van der Waals surface area contributed by atoms with Gasteiger partial charge < -0.3 is 5.11 Å². The molecule has 2 rings (SSSR count). The van der Waals surface area contributed by atoms with Crippen molar-refractivity contribution in [3.63, 3.8) is 0 Å². The van der Waals surface area contributed by atoms with Gasteiger partial charge in [0.1, 0.15) is 5.75 Å². The lowest BCUT2D eigenvalue weighted by molar-refractivity contribution is 0.101. The van der Waals surface area contributed by atoms with Gasteiger partial charge in [0.05, 0.1) is 0 Å². The van der Waals surface area contributed by atoms with E-state index in [1.165, 1.54) is 0 Å². The summed E-state index contributed by atoms with van der Waals surface area (Å²) in [6.07, 6.45) is 0. The number of phenolic OH excluding ortho intramolecular Hbond substituents is 1. The summed E-state index contributed by atoms with van der Waals surface area (Å²) in [7, 11) is 0. The maximum atomic E-state index is 11.3. The summed E-state index contributed by atoms with van der Waals surface area (Å²) in [5, 5.41) is 9.48. The number of hydrogen-bond acceptors (Lipinski definition) is 2. The van der Waals surface area contributed by atoms with Gasteiger partial charge in [-0.1, -0.05) is 24.3 Å². The first kappa shape index (κ1) is 11.4. The van der Waals surface area contributed by atoms with Gasteiger partial charge in [0.25, 0.3) is 0 Å². The standard InChI is InChI=1S/C15H14O2/c1-10-8-14(6-7-15(10)17)13-5-3-4-12(9-13)11(2)16/h3-9,17H,1-2H3. The Morgan fingerprint density at radius 2 is 1.76 bits per heavy atom. The van der Waals surface area contributed by atoms with E-state index in [0.29, 0.717) is 5.56 Å². The Hall–Kier alpha value is -2.09. The molecule has 0 heterocycles. The van der Waals surface area contributed by atoms with Gasteiger partial charge in [0.15, 0.2) is 5.78 Å². The second-order valence-corrected chi connectivity index (χ2v) is 4.14. The third-order valence-corrected chi connectivity index (χ3v) is 2.80. The van der Waals surface area contributed by atoms with Crippen LogP contribution in [0.5, 0.6) is 5.75 Å². The maximum Gasteiger partial charge on any atom is 0.159 e. The Kier molecular flexibility index (Phi) is 2.96. The molecule has 0 bridgehead atoms. The van der Waals surface area contributed by atoms with E-state index in [-0.39, 0.29) is 11.5 Å². The molecule has 0 atom stereocenters. The molecule has 1 N–H and O–H groups in total. The third kappa shape index (κ3) is 2.36. The fourth-order valence-electron chi connectivity index (χ4n) is 1.75. The summed E-state index contributed by atoms with van der Waals surface area (Å²) < 4.78 is 0. The van der Waals surface area contributed by atoms with Crippen LogP contribution >= 0.6 is 0 Å². The number of aryl methyl sites for hydroxylation is 1. The molecular formula is C15H14O2. The van der Waals surface area contributed by atoms with Crippen molar-refractivity contribution in [1.82, 2.24) is 0 Å². The number of phenols is 1. The first-order chi connectivity index (χ1) is 8.08. The van der Waals surface area contributed by atoms with E-state index in [4.69, 9.17) is 0 Å². The van der Waals surface area contributed by atoms with E-state index < -0.39 is 0 Å². The fraction of sp³-hybridized carbons (Fsp3) is 0.133. The summed E-state index contributed by atoms with van der Waals surface area (Å²) >= 11 is 0. The lowest BCUT2D eigenvalue weighted by Gasteiger charge is -2.06. The quantitative estimate of drug-likeness (QED) is 0.795. The number of Topliss-reactive ketones (excluding diaryl/α,β-unsaturated/α-hetero) is 1. The van der Waals surface area contributed by atoms with E-state index in [0.717, 1.165) is 16.7 Å². The van der Waals surface area contributed by atoms with Gasteiger partial charge in [0, 0.05) is 5.56 Å². The van der Waals surface area contributed by atoms with Crippen LogP contribution in [0.25, 0.3) is 11.1 Å². The van der Waals surface area contributed by atoms with Gasteiger partial charge in [0.2, 0.25) is 0 Å². The number of hydrogen-bond donors (Lipinski definition) is 1. The number of carbonyl (C=O) groups excluding carboxylic acids is 1. The minimum absolute atomic E-state index is 0.0577. The van der Waals surface area contributed by atoms with Crippen LogP contribution < -0.4 is 0 Å². The Labute approximate surface area is 101 Å². The predicted molar refractivity (Wildman–Crippen MR) is 68.3 cm³/mol. The number of rotatable bonds is 2. The molecule has 0 aromatic heterocycles. The minimum Gasteiger partial charge on any atom is -0.508 e. The molecule has 86 valence electrons. The highest BCUT2D eigenvalue weighted by Gasteiger charge is 2.04.